The van der Waals surface area contributed by atoms with Crippen LogP contribution in [0.2, 0.25) is 0 Å². The number of carboxylic acids is 2. The lowest BCUT2D eigenvalue weighted by Crippen LogP contribution is -2.44. The molecule has 3 heterocycles. The van der Waals surface area contributed by atoms with E-state index in [1.54, 1.807) is 12.1 Å². The molecule has 2 aromatic heterocycles. The Labute approximate surface area is 303 Å². The third-order valence-corrected chi connectivity index (χ3v) is 8.32. The number of nitrogens with one attached hydrogen (secondary N) is 3. The summed E-state index contributed by atoms with van der Waals surface area (Å²) < 4.78 is 0. The van der Waals surface area contributed by atoms with E-state index < -0.39 is 33.9 Å². The molecule has 4 aromatic carbocycles. The quantitative estimate of drug-likeness (QED) is 0.0557. The Morgan fingerprint density at radius 3 is 1.92 bits per heavy atom. The first-order chi connectivity index (χ1) is 24.5. The number of aldehydes is 1. The van der Waals surface area contributed by atoms with E-state index in [0.29, 0.717) is 24.7 Å². The lowest BCUT2D eigenvalue weighted by molar-refractivity contribution is -0.385. The molecule has 0 saturated heterocycles. The number of hydrogen-bond acceptors (Lipinski definition) is 9. The fourth-order valence-electron chi connectivity index (χ4n) is 5.74. The number of fused-ring (bicyclic) bond motifs is 4. The van der Waals surface area contributed by atoms with Gasteiger partial charge in [0.05, 0.1) is 15.9 Å². The highest BCUT2D eigenvalue weighted by atomic mass is 16.6. The summed E-state index contributed by atoms with van der Waals surface area (Å²) in [7, 11) is 0. The number of carbonyl (C=O) groups excluding carboxylic acids is 1. The smallest absolute Gasteiger partial charge is 0.321 e. The third kappa shape index (κ3) is 9.55. The largest absolute Gasteiger partial charge is 0.480 e. The summed E-state index contributed by atoms with van der Waals surface area (Å²) in [5, 5.41) is 44.4. The number of nitro groups is 2. The summed E-state index contributed by atoms with van der Waals surface area (Å²) in [6.45, 7) is 0. The first kappa shape index (κ1) is 40.7. The van der Waals surface area contributed by atoms with E-state index >= 15 is 0 Å². The number of nitrogens with zero attached hydrogens (tertiary/aromatic N) is 2. The molecule has 2 unspecified atom stereocenters. The highest BCUT2D eigenvalue weighted by molar-refractivity contribution is 5.87. The number of H-pyrrole nitrogens is 2. The van der Waals surface area contributed by atoms with Gasteiger partial charge in [-0.1, -0.05) is 63.4 Å². The van der Waals surface area contributed by atoms with Crippen LogP contribution in [-0.2, 0) is 22.4 Å². The highest BCUT2D eigenvalue weighted by Crippen LogP contribution is 2.35. The number of aromatic amines is 2. The molecule has 6 aromatic rings. The molecule has 15 nitrogen and oxygen atoms in total. The number of carboxylic acid groups (broad SMARTS) is 2. The second-order valence-electron chi connectivity index (χ2n) is 11.6. The molecule has 0 saturated carbocycles. The number of nitro benzene ring substituents is 2. The third-order valence-electron chi connectivity index (χ3n) is 8.32. The van der Waals surface area contributed by atoms with Crippen molar-refractivity contribution in [2.24, 2.45) is 5.73 Å². The van der Waals surface area contributed by atoms with Gasteiger partial charge in [0, 0.05) is 76.4 Å². The first-order valence-corrected chi connectivity index (χ1v) is 15.5. The zero-order valence-corrected chi connectivity index (χ0v) is 26.8. The Morgan fingerprint density at radius 1 is 0.830 bits per heavy atom. The Bertz CT molecular complexity index is 2210. The van der Waals surface area contributed by atoms with Gasteiger partial charge in [-0.2, -0.15) is 0 Å². The minimum absolute atomic E-state index is 0. The van der Waals surface area contributed by atoms with Crippen molar-refractivity contribution in [2.75, 3.05) is 0 Å². The second kappa shape index (κ2) is 18.0. The van der Waals surface area contributed by atoms with Gasteiger partial charge in [0.1, 0.15) is 18.4 Å². The molecular weight excluding hydrogens is 684 g/mol. The molecule has 276 valence electrons. The predicted molar refractivity (Wildman–Crippen MR) is 201 cm³/mol. The minimum atomic E-state index is -0.972. The summed E-state index contributed by atoms with van der Waals surface area (Å²) >= 11 is 0. The molecule has 7 N–H and O–H groups in total. The highest BCUT2D eigenvalue weighted by Gasteiger charge is 2.34. The Hall–Kier alpha value is -6.71. The number of aliphatic carboxylic acids is 2. The molecule has 0 aliphatic carbocycles. The molecule has 0 amide bonds. The van der Waals surface area contributed by atoms with Crippen LogP contribution in [0.25, 0.3) is 21.8 Å². The molecule has 7 rings (SSSR count). The van der Waals surface area contributed by atoms with Crippen LogP contribution < -0.4 is 11.1 Å². The molecule has 15 heteroatoms. The van der Waals surface area contributed by atoms with E-state index in [4.69, 9.17) is 10.8 Å². The average Bonchev–Trinajstić information content (AvgIpc) is 3.73. The van der Waals surface area contributed by atoms with Crippen LogP contribution in [0.5, 0.6) is 0 Å². The zero-order chi connectivity index (χ0) is 36.7. The molecular formula is C38H40N6O9. The number of para-hydroxylation sites is 2. The van der Waals surface area contributed by atoms with Gasteiger partial charge in [0.15, 0.2) is 0 Å². The number of rotatable bonds is 8. The summed E-state index contributed by atoms with van der Waals surface area (Å²) in [4.78, 5) is 58.8. The van der Waals surface area contributed by atoms with Crippen molar-refractivity contribution in [3.8, 4) is 0 Å². The van der Waals surface area contributed by atoms with E-state index in [2.05, 4.69) is 15.3 Å². The van der Waals surface area contributed by atoms with Crippen LogP contribution in [0, 0.1) is 20.2 Å². The lowest BCUT2D eigenvalue weighted by atomic mass is 9.90. The minimum Gasteiger partial charge on any atom is -0.480 e. The van der Waals surface area contributed by atoms with Gasteiger partial charge in [-0.15, -0.1) is 0 Å². The van der Waals surface area contributed by atoms with Gasteiger partial charge >= 0.3 is 11.9 Å². The summed E-state index contributed by atoms with van der Waals surface area (Å²) in [5.41, 5.74) is 11.5. The zero-order valence-electron chi connectivity index (χ0n) is 26.8. The number of aromatic nitrogens is 2. The SMILES string of the molecule is C.C.N[C@@H](Cc1c[nH]c2ccccc12)C(=O)O.O=C(O)C1Cc2c([nH]c3ccccc23)C(c2ccc([N+](=O)[O-])cc2)N1.O=Cc1ccc([N+](=O)[O-])cc1. The molecule has 0 radical (unpaired) electrons. The van der Waals surface area contributed by atoms with Gasteiger partial charge < -0.3 is 25.9 Å². The number of benzene rings is 4. The van der Waals surface area contributed by atoms with Crippen LogP contribution in [0.15, 0.2) is 103 Å². The summed E-state index contributed by atoms with van der Waals surface area (Å²) in [6, 6.07) is 25.2. The van der Waals surface area contributed by atoms with Crippen molar-refractivity contribution >= 4 is 51.4 Å². The molecule has 0 fully saturated rings. The normalized spacial score (nSPS) is 14.7. The van der Waals surface area contributed by atoms with Crippen LogP contribution in [0.4, 0.5) is 11.4 Å². The lowest BCUT2D eigenvalue weighted by Gasteiger charge is -2.29. The fourth-order valence-corrected chi connectivity index (χ4v) is 5.74. The molecule has 3 atom stereocenters. The Morgan fingerprint density at radius 2 is 1.38 bits per heavy atom. The maximum Gasteiger partial charge on any atom is 0.321 e. The maximum atomic E-state index is 11.6. The molecule has 1 aliphatic rings. The summed E-state index contributed by atoms with van der Waals surface area (Å²) in [5.74, 6) is -1.89. The van der Waals surface area contributed by atoms with Gasteiger partial charge in [-0.3, -0.25) is 39.9 Å². The number of hydrogen-bond donors (Lipinski definition) is 6. The van der Waals surface area contributed by atoms with E-state index in [0.717, 1.165) is 44.2 Å². The topological polar surface area (TPSA) is 248 Å². The number of non-ortho nitro benzene ring substituents is 2. The molecule has 0 spiro atoms. The van der Waals surface area contributed by atoms with E-state index in [9.17, 15) is 39.7 Å². The molecule has 0 bridgehead atoms. The Balaban J connectivity index is 0.000000231. The molecule has 53 heavy (non-hydrogen) atoms. The fraction of sp³-hybridized carbons (Fsp3) is 0.184. The van der Waals surface area contributed by atoms with Crippen molar-refractivity contribution in [1.29, 1.82) is 0 Å². The average molecular weight is 725 g/mol. The van der Waals surface area contributed by atoms with Crippen LogP contribution in [0.1, 0.15) is 53.6 Å². The van der Waals surface area contributed by atoms with Gasteiger partial charge in [-0.25, -0.2) is 0 Å². The second-order valence-corrected chi connectivity index (χ2v) is 11.6. The van der Waals surface area contributed by atoms with Crippen molar-refractivity contribution in [3.05, 3.63) is 151 Å². The van der Waals surface area contributed by atoms with Crippen molar-refractivity contribution < 1.29 is 34.4 Å². The van der Waals surface area contributed by atoms with E-state index in [1.807, 2.05) is 54.7 Å². The van der Waals surface area contributed by atoms with Gasteiger partial charge in [0.2, 0.25) is 0 Å². The maximum absolute atomic E-state index is 11.6. The monoisotopic (exact) mass is 724 g/mol. The molecule has 1 aliphatic heterocycles. The standard InChI is InChI=1S/C18H15N3O4.C11H12N2O2.C7H5NO3.2CH4/c22-18(23)15-9-13-12-3-1-2-4-14(12)19-17(13)16(20-15)10-5-7-11(8-6-10)21(24)25;12-9(11(14)15)5-7-6-13-10-4-2-1-3-8(7)10;9-5-6-1-3-7(4-2-6)8(10)11;;/h1-8,15-16,19-20H,9H2,(H,22,23);1-4,6,9,13H,5,12H2,(H,14,15);1-5H;2*1H4/t;9-;;;/m.0.../s1. The van der Waals surface area contributed by atoms with Crippen molar-refractivity contribution in [1.82, 2.24) is 15.3 Å². The van der Waals surface area contributed by atoms with E-state index in [-0.39, 0.29) is 32.3 Å². The van der Waals surface area contributed by atoms with Crippen molar-refractivity contribution in [2.45, 2.75) is 45.8 Å². The van der Waals surface area contributed by atoms with Crippen LogP contribution >= 0.6 is 0 Å². The van der Waals surface area contributed by atoms with Crippen LogP contribution in [0.3, 0.4) is 0 Å². The number of carbonyl (C=O) groups is 3. The van der Waals surface area contributed by atoms with E-state index in [1.165, 1.54) is 36.4 Å². The van der Waals surface area contributed by atoms with Crippen molar-refractivity contribution in [3.63, 3.8) is 0 Å². The predicted octanol–water partition coefficient (Wildman–Crippen LogP) is 6.57. The first-order valence-electron chi connectivity index (χ1n) is 15.5. The van der Waals surface area contributed by atoms with Crippen LogP contribution in [-0.4, -0.2) is 60.3 Å². The Kier molecular flexibility index (Phi) is 13.8. The summed E-state index contributed by atoms with van der Waals surface area (Å²) in [6.07, 6.45) is 3.19. The van der Waals surface area contributed by atoms with Gasteiger partial charge in [-0.05, 0) is 41.0 Å². The number of nitrogens with two attached hydrogens (primary N) is 1. The van der Waals surface area contributed by atoms with Gasteiger partial charge in [0.25, 0.3) is 11.4 Å².